The lowest BCUT2D eigenvalue weighted by Crippen LogP contribution is -2.20. The third kappa shape index (κ3) is 2.17. The van der Waals surface area contributed by atoms with Gasteiger partial charge in [0.25, 0.3) is 5.56 Å². The first-order valence-corrected chi connectivity index (χ1v) is 7.30. The van der Waals surface area contributed by atoms with E-state index in [-0.39, 0.29) is 22.9 Å². The Labute approximate surface area is 128 Å². The minimum Gasteiger partial charge on any atom is -0.504 e. The molecule has 0 aliphatic carbocycles. The molecule has 2 heterocycles. The molecule has 3 aromatic rings. The number of nitrogens with zero attached hydrogens (tertiary/aromatic N) is 2. The summed E-state index contributed by atoms with van der Waals surface area (Å²) in [4.78, 5) is 16.7. The summed E-state index contributed by atoms with van der Waals surface area (Å²) in [5, 5.41) is 10.6. The van der Waals surface area contributed by atoms with Crippen LogP contribution < -0.4 is 5.56 Å². The summed E-state index contributed by atoms with van der Waals surface area (Å²) in [5.41, 5.74) is 3.47. The van der Waals surface area contributed by atoms with Gasteiger partial charge in [-0.1, -0.05) is 38.1 Å². The van der Waals surface area contributed by atoms with Crippen molar-refractivity contribution in [2.24, 2.45) is 0 Å². The van der Waals surface area contributed by atoms with Crippen molar-refractivity contribution in [1.29, 1.82) is 0 Å². The number of aromatic hydroxyl groups is 1. The van der Waals surface area contributed by atoms with Gasteiger partial charge < -0.3 is 5.11 Å². The number of pyridine rings is 1. The van der Waals surface area contributed by atoms with Gasteiger partial charge in [0, 0.05) is 23.5 Å². The van der Waals surface area contributed by atoms with Crippen molar-refractivity contribution in [3.05, 3.63) is 64.2 Å². The molecule has 0 aliphatic heterocycles. The smallest absolute Gasteiger partial charge is 0.261 e. The van der Waals surface area contributed by atoms with Gasteiger partial charge in [-0.25, -0.2) is 4.98 Å². The van der Waals surface area contributed by atoms with Crippen molar-refractivity contribution >= 4 is 5.65 Å². The summed E-state index contributed by atoms with van der Waals surface area (Å²) in [7, 11) is 0. The van der Waals surface area contributed by atoms with Crippen molar-refractivity contribution in [1.82, 2.24) is 9.38 Å². The van der Waals surface area contributed by atoms with E-state index in [0.717, 1.165) is 11.1 Å². The van der Waals surface area contributed by atoms with Gasteiger partial charge in [0.2, 0.25) is 0 Å². The monoisotopic (exact) mass is 294 g/mol. The van der Waals surface area contributed by atoms with Gasteiger partial charge in [-0.2, -0.15) is 0 Å². The highest BCUT2D eigenvalue weighted by atomic mass is 16.3. The van der Waals surface area contributed by atoms with Gasteiger partial charge in [-0.3, -0.25) is 9.20 Å². The number of aryl methyl sites for hydroxylation is 1. The van der Waals surface area contributed by atoms with Crippen LogP contribution in [0, 0.1) is 6.92 Å². The number of aromatic nitrogens is 2. The van der Waals surface area contributed by atoms with Crippen molar-refractivity contribution < 1.29 is 5.11 Å². The molecule has 0 unspecified atom stereocenters. The molecular formula is C18H18N2O2. The zero-order valence-electron chi connectivity index (χ0n) is 12.9. The Hall–Kier alpha value is -2.62. The molecule has 3 rings (SSSR count). The fraction of sp³-hybridized carbons (Fsp3) is 0.222. The average Bonchev–Trinajstić information content (AvgIpc) is 2.49. The van der Waals surface area contributed by atoms with Crippen LogP contribution in [0.1, 0.15) is 30.9 Å². The Balaban J connectivity index is 2.30. The van der Waals surface area contributed by atoms with E-state index in [4.69, 9.17) is 0 Å². The fourth-order valence-corrected chi connectivity index (χ4v) is 2.63. The van der Waals surface area contributed by atoms with Crippen LogP contribution in [0.25, 0.3) is 16.8 Å². The van der Waals surface area contributed by atoms with Gasteiger partial charge in [0.15, 0.2) is 11.4 Å². The van der Waals surface area contributed by atoms with Crippen LogP contribution in [0.5, 0.6) is 5.75 Å². The molecule has 22 heavy (non-hydrogen) atoms. The van der Waals surface area contributed by atoms with Crippen molar-refractivity contribution in [3.8, 4) is 16.9 Å². The van der Waals surface area contributed by atoms with Gasteiger partial charge in [-0.15, -0.1) is 0 Å². The summed E-state index contributed by atoms with van der Waals surface area (Å²) in [6.07, 6.45) is 3.24. The van der Waals surface area contributed by atoms with E-state index in [2.05, 4.69) is 4.98 Å². The molecule has 1 N–H and O–H groups in total. The molecule has 2 aromatic heterocycles. The van der Waals surface area contributed by atoms with Gasteiger partial charge >= 0.3 is 0 Å². The summed E-state index contributed by atoms with van der Waals surface area (Å²) < 4.78 is 1.41. The third-order valence-corrected chi connectivity index (χ3v) is 3.93. The molecule has 0 spiro atoms. The second-order valence-corrected chi connectivity index (χ2v) is 5.76. The normalized spacial score (nSPS) is 11.3. The molecule has 0 atom stereocenters. The molecule has 0 bridgehead atoms. The Kier molecular flexibility index (Phi) is 3.45. The highest BCUT2D eigenvalue weighted by Gasteiger charge is 2.15. The van der Waals surface area contributed by atoms with Crippen molar-refractivity contribution in [2.45, 2.75) is 26.7 Å². The minimum absolute atomic E-state index is 0.0317. The topological polar surface area (TPSA) is 54.6 Å². The van der Waals surface area contributed by atoms with Crippen LogP contribution >= 0.6 is 0 Å². The quantitative estimate of drug-likeness (QED) is 0.787. The van der Waals surface area contributed by atoms with Crippen LogP contribution in [0.4, 0.5) is 0 Å². The molecule has 0 saturated carbocycles. The molecule has 0 radical (unpaired) electrons. The first-order chi connectivity index (χ1) is 10.5. The number of hydrogen-bond acceptors (Lipinski definition) is 3. The molecule has 0 saturated heterocycles. The predicted molar refractivity (Wildman–Crippen MR) is 87.4 cm³/mol. The van der Waals surface area contributed by atoms with Crippen LogP contribution in [0.2, 0.25) is 0 Å². The summed E-state index contributed by atoms with van der Waals surface area (Å²) >= 11 is 0. The number of benzene rings is 1. The van der Waals surface area contributed by atoms with E-state index in [1.807, 2.05) is 45.0 Å². The lowest BCUT2D eigenvalue weighted by atomic mass is 10.0. The maximum Gasteiger partial charge on any atom is 0.261 e. The average molecular weight is 294 g/mol. The Morgan fingerprint density at radius 2 is 1.86 bits per heavy atom. The first kappa shape index (κ1) is 14.3. The van der Waals surface area contributed by atoms with E-state index in [9.17, 15) is 9.90 Å². The minimum atomic E-state index is -0.133. The predicted octanol–water partition coefficient (Wildman–Crippen LogP) is 3.50. The van der Waals surface area contributed by atoms with E-state index < -0.39 is 0 Å². The maximum atomic E-state index is 12.4. The van der Waals surface area contributed by atoms with E-state index >= 15 is 0 Å². The highest BCUT2D eigenvalue weighted by molar-refractivity contribution is 5.78. The fourth-order valence-electron chi connectivity index (χ4n) is 2.63. The first-order valence-electron chi connectivity index (χ1n) is 7.30. The highest BCUT2D eigenvalue weighted by Crippen LogP contribution is 2.33. The van der Waals surface area contributed by atoms with E-state index in [0.29, 0.717) is 11.1 Å². The van der Waals surface area contributed by atoms with Gasteiger partial charge in [0.1, 0.15) is 0 Å². The standard InChI is InChI=1S/C18H18N2O2/c1-11(2)15-10-19-17-16(21)14(8-9-20(17)18(15)22)13-7-5-4-6-12(13)3/h4-11,21H,1-3H3. The van der Waals surface area contributed by atoms with Crippen LogP contribution in [-0.4, -0.2) is 14.5 Å². The second-order valence-electron chi connectivity index (χ2n) is 5.76. The summed E-state index contributed by atoms with van der Waals surface area (Å²) in [6, 6.07) is 9.57. The number of fused-ring (bicyclic) bond motifs is 1. The molecule has 0 aliphatic rings. The molecule has 4 nitrogen and oxygen atoms in total. The molecule has 1 aromatic carbocycles. The van der Waals surface area contributed by atoms with Crippen LogP contribution in [0.3, 0.4) is 0 Å². The zero-order chi connectivity index (χ0) is 15.9. The molecule has 4 heteroatoms. The largest absolute Gasteiger partial charge is 0.504 e. The maximum absolute atomic E-state index is 12.4. The van der Waals surface area contributed by atoms with E-state index in [1.54, 1.807) is 18.5 Å². The van der Waals surface area contributed by atoms with Gasteiger partial charge in [-0.05, 0) is 30.0 Å². The summed E-state index contributed by atoms with van der Waals surface area (Å²) in [6.45, 7) is 5.89. The zero-order valence-corrected chi connectivity index (χ0v) is 12.9. The van der Waals surface area contributed by atoms with Crippen molar-refractivity contribution in [3.63, 3.8) is 0 Å². The molecule has 112 valence electrons. The SMILES string of the molecule is Cc1ccccc1-c1ccn2c(=O)c(C(C)C)cnc2c1O. The summed E-state index contributed by atoms with van der Waals surface area (Å²) in [5.74, 6) is 0.124. The number of hydrogen-bond donors (Lipinski definition) is 1. The lowest BCUT2D eigenvalue weighted by Gasteiger charge is -2.12. The Morgan fingerprint density at radius 1 is 1.14 bits per heavy atom. The molecule has 0 amide bonds. The Morgan fingerprint density at radius 3 is 2.55 bits per heavy atom. The van der Waals surface area contributed by atoms with Crippen molar-refractivity contribution in [2.75, 3.05) is 0 Å². The second kappa shape index (κ2) is 5.30. The third-order valence-electron chi connectivity index (χ3n) is 3.93. The molecular weight excluding hydrogens is 276 g/mol. The number of rotatable bonds is 2. The van der Waals surface area contributed by atoms with E-state index in [1.165, 1.54) is 4.40 Å². The Bertz CT molecular complexity index is 911. The lowest BCUT2D eigenvalue weighted by molar-refractivity contribution is 0.478. The van der Waals surface area contributed by atoms with Crippen LogP contribution in [0.15, 0.2) is 47.5 Å². The van der Waals surface area contributed by atoms with Crippen LogP contribution in [-0.2, 0) is 0 Å². The molecule has 0 fully saturated rings. The van der Waals surface area contributed by atoms with Gasteiger partial charge in [0.05, 0.1) is 0 Å².